The lowest BCUT2D eigenvalue weighted by Gasteiger charge is -2.37. The summed E-state index contributed by atoms with van der Waals surface area (Å²) in [6.45, 7) is 5.75. The smallest absolute Gasteiger partial charge is 0.244 e. The maximum Gasteiger partial charge on any atom is 0.244 e. The predicted octanol–water partition coefficient (Wildman–Crippen LogP) is 4.06. The molecule has 0 spiro atoms. The van der Waals surface area contributed by atoms with Gasteiger partial charge in [-0.3, -0.25) is 4.79 Å². The Morgan fingerprint density at radius 2 is 1.86 bits per heavy atom. The summed E-state index contributed by atoms with van der Waals surface area (Å²) >= 11 is 12.1. The molecular weight excluding hydrogens is 435 g/mol. The topological polar surface area (TPSA) is 66.9 Å². The van der Waals surface area contributed by atoms with Crippen molar-refractivity contribution in [3.8, 4) is 0 Å². The molecule has 1 fully saturated rings. The van der Waals surface area contributed by atoms with Crippen LogP contribution < -0.4 is 0 Å². The van der Waals surface area contributed by atoms with Crippen molar-refractivity contribution in [1.82, 2.24) is 9.21 Å². The van der Waals surface area contributed by atoms with Crippen molar-refractivity contribution in [1.29, 1.82) is 0 Å². The van der Waals surface area contributed by atoms with Crippen molar-refractivity contribution < 1.29 is 17.9 Å². The quantitative estimate of drug-likeness (QED) is 0.552. The van der Waals surface area contributed by atoms with Crippen LogP contribution in [0.1, 0.15) is 39.5 Å². The van der Waals surface area contributed by atoms with Crippen LogP contribution in [0.2, 0.25) is 10.0 Å². The number of rotatable bonds is 9. The van der Waals surface area contributed by atoms with Gasteiger partial charge >= 0.3 is 0 Å². The van der Waals surface area contributed by atoms with E-state index in [1.54, 1.807) is 13.2 Å². The standard InChI is InChI=1S/C20H30Cl2N2O4S/c1-4-17(5-2)24(12-13-28-3)20(25)15-8-10-23(11-9-15)29(26,27)19-14-16(21)6-7-18(19)22/h6-7,14-15,17H,4-5,8-13H2,1-3H3. The van der Waals surface area contributed by atoms with E-state index >= 15 is 0 Å². The van der Waals surface area contributed by atoms with Crippen LogP contribution in [0.25, 0.3) is 0 Å². The van der Waals surface area contributed by atoms with Crippen LogP contribution in [0.4, 0.5) is 0 Å². The van der Waals surface area contributed by atoms with E-state index in [2.05, 4.69) is 13.8 Å². The SMILES string of the molecule is CCC(CC)N(CCOC)C(=O)C1CCN(S(=O)(=O)c2cc(Cl)ccc2Cl)CC1. The number of nitrogens with zero attached hydrogens (tertiary/aromatic N) is 2. The number of carbonyl (C=O) groups excluding carboxylic acids is 1. The van der Waals surface area contributed by atoms with Gasteiger partial charge in [0.05, 0.1) is 11.6 Å². The molecule has 0 aromatic heterocycles. The van der Waals surface area contributed by atoms with Crippen LogP contribution >= 0.6 is 23.2 Å². The highest BCUT2D eigenvalue weighted by atomic mass is 35.5. The summed E-state index contributed by atoms with van der Waals surface area (Å²) in [4.78, 5) is 15.1. The molecule has 6 nitrogen and oxygen atoms in total. The second kappa shape index (κ2) is 11.0. The second-order valence-electron chi connectivity index (χ2n) is 7.25. The molecule has 164 valence electrons. The molecule has 1 aliphatic rings. The van der Waals surface area contributed by atoms with Crippen molar-refractivity contribution in [2.75, 3.05) is 33.4 Å². The van der Waals surface area contributed by atoms with E-state index in [9.17, 15) is 13.2 Å². The van der Waals surface area contributed by atoms with Crippen LogP contribution in [-0.2, 0) is 19.6 Å². The van der Waals surface area contributed by atoms with Gasteiger partial charge in [0.15, 0.2) is 0 Å². The Hall–Kier alpha value is -0.860. The van der Waals surface area contributed by atoms with Crippen LogP contribution in [0.15, 0.2) is 23.1 Å². The van der Waals surface area contributed by atoms with Crippen molar-refractivity contribution in [3.63, 3.8) is 0 Å². The summed E-state index contributed by atoms with van der Waals surface area (Å²) in [6.07, 6.45) is 2.73. The van der Waals surface area contributed by atoms with Gasteiger partial charge in [-0.05, 0) is 43.9 Å². The van der Waals surface area contributed by atoms with Crippen LogP contribution in [0, 0.1) is 5.92 Å². The van der Waals surface area contributed by atoms with Crippen LogP contribution in [-0.4, -0.2) is 62.9 Å². The maximum absolute atomic E-state index is 13.2. The lowest BCUT2D eigenvalue weighted by molar-refractivity contribution is -0.140. The van der Waals surface area contributed by atoms with Gasteiger partial charge in [0, 0.05) is 43.7 Å². The molecule has 2 rings (SSSR count). The van der Waals surface area contributed by atoms with E-state index in [0.29, 0.717) is 31.0 Å². The van der Waals surface area contributed by atoms with Crippen molar-refractivity contribution >= 4 is 39.1 Å². The van der Waals surface area contributed by atoms with Gasteiger partial charge in [0.2, 0.25) is 15.9 Å². The Balaban J connectivity index is 2.10. The number of hydrogen-bond acceptors (Lipinski definition) is 4. The van der Waals surface area contributed by atoms with Gasteiger partial charge in [0.25, 0.3) is 0 Å². The van der Waals surface area contributed by atoms with Gasteiger partial charge < -0.3 is 9.64 Å². The molecule has 1 aliphatic heterocycles. The van der Waals surface area contributed by atoms with Crippen LogP contribution in [0.5, 0.6) is 0 Å². The molecule has 0 bridgehead atoms. The molecule has 1 aromatic rings. The van der Waals surface area contributed by atoms with Crippen molar-refractivity contribution in [2.45, 2.75) is 50.5 Å². The Morgan fingerprint density at radius 3 is 2.41 bits per heavy atom. The Bertz CT molecular complexity index is 792. The highest BCUT2D eigenvalue weighted by Gasteiger charge is 2.35. The number of benzene rings is 1. The van der Waals surface area contributed by atoms with Gasteiger partial charge in [-0.1, -0.05) is 37.0 Å². The summed E-state index contributed by atoms with van der Waals surface area (Å²) < 4.78 is 32.5. The summed E-state index contributed by atoms with van der Waals surface area (Å²) in [6, 6.07) is 4.58. The Morgan fingerprint density at radius 1 is 1.24 bits per heavy atom. The van der Waals surface area contributed by atoms with Gasteiger partial charge in [-0.15, -0.1) is 0 Å². The zero-order chi connectivity index (χ0) is 21.6. The predicted molar refractivity (Wildman–Crippen MR) is 116 cm³/mol. The zero-order valence-corrected chi connectivity index (χ0v) is 19.6. The number of sulfonamides is 1. The number of ether oxygens (including phenoxy) is 1. The summed E-state index contributed by atoms with van der Waals surface area (Å²) in [5.74, 6) is -0.0951. The normalized spacial score (nSPS) is 16.3. The molecule has 1 saturated heterocycles. The zero-order valence-electron chi connectivity index (χ0n) is 17.2. The summed E-state index contributed by atoms with van der Waals surface area (Å²) in [5, 5.41) is 0.462. The summed E-state index contributed by atoms with van der Waals surface area (Å²) in [7, 11) is -2.13. The first-order valence-electron chi connectivity index (χ1n) is 10.0. The minimum atomic E-state index is -3.75. The number of methoxy groups -OCH3 is 1. The van der Waals surface area contributed by atoms with Crippen molar-refractivity contribution in [3.05, 3.63) is 28.2 Å². The van der Waals surface area contributed by atoms with E-state index < -0.39 is 10.0 Å². The molecule has 1 amide bonds. The molecule has 0 N–H and O–H groups in total. The van der Waals surface area contributed by atoms with E-state index in [1.807, 2.05) is 4.90 Å². The minimum absolute atomic E-state index is 0.00944. The molecule has 1 heterocycles. The molecule has 0 atom stereocenters. The van der Waals surface area contributed by atoms with E-state index in [-0.39, 0.29) is 40.9 Å². The fourth-order valence-corrected chi connectivity index (χ4v) is 5.99. The lowest BCUT2D eigenvalue weighted by atomic mass is 9.95. The van der Waals surface area contributed by atoms with Crippen molar-refractivity contribution in [2.24, 2.45) is 5.92 Å². The number of piperidine rings is 1. The average molecular weight is 465 g/mol. The Kier molecular flexibility index (Phi) is 9.22. The van der Waals surface area contributed by atoms with E-state index in [4.69, 9.17) is 27.9 Å². The molecule has 0 saturated carbocycles. The third-order valence-corrected chi connectivity index (χ3v) is 8.13. The first-order chi connectivity index (χ1) is 13.8. The molecule has 0 aliphatic carbocycles. The third-order valence-electron chi connectivity index (χ3n) is 5.52. The number of halogens is 2. The van der Waals surface area contributed by atoms with Gasteiger partial charge in [0.1, 0.15) is 4.90 Å². The van der Waals surface area contributed by atoms with Gasteiger partial charge in [-0.25, -0.2) is 8.42 Å². The molecule has 0 radical (unpaired) electrons. The third kappa shape index (κ3) is 5.85. The molecule has 1 aromatic carbocycles. The lowest BCUT2D eigenvalue weighted by Crippen LogP contribution is -2.48. The van der Waals surface area contributed by atoms with E-state index in [0.717, 1.165) is 12.8 Å². The maximum atomic E-state index is 13.2. The summed E-state index contributed by atoms with van der Waals surface area (Å²) in [5.41, 5.74) is 0. The van der Waals surface area contributed by atoms with Gasteiger partial charge in [-0.2, -0.15) is 4.31 Å². The first kappa shape index (κ1) is 24.4. The van der Waals surface area contributed by atoms with Crippen LogP contribution in [0.3, 0.4) is 0 Å². The Labute approximate surface area is 184 Å². The second-order valence-corrected chi connectivity index (χ2v) is 10.00. The molecular formula is C20H30Cl2N2O4S. The minimum Gasteiger partial charge on any atom is -0.383 e. The molecule has 9 heteroatoms. The number of carbonyl (C=O) groups is 1. The molecule has 0 unspecified atom stereocenters. The largest absolute Gasteiger partial charge is 0.383 e. The van der Waals surface area contributed by atoms with E-state index in [1.165, 1.54) is 16.4 Å². The highest BCUT2D eigenvalue weighted by molar-refractivity contribution is 7.89. The molecule has 29 heavy (non-hydrogen) atoms. The average Bonchev–Trinajstić information content (AvgIpc) is 2.72. The highest BCUT2D eigenvalue weighted by Crippen LogP contribution is 2.31. The number of hydrogen-bond donors (Lipinski definition) is 0. The first-order valence-corrected chi connectivity index (χ1v) is 12.2. The monoisotopic (exact) mass is 464 g/mol. The fourth-order valence-electron chi connectivity index (χ4n) is 3.78. The fraction of sp³-hybridized carbons (Fsp3) is 0.650. The number of amides is 1.